The molecule has 0 unspecified atom stereocenters. The number of anilines is 1. The second-order valence-electron chi connectivity index (χ2n) is 4.93. The monoisotopic (exact) mass is 274 g/mol. The second-order valence-corrected chi connectivity index (χ2v) is 4.93. The van der Waals surface area contributed by atoms with Gasteiger partial charge < -0.3 is 15.2 Å². The van der Waals surface area contributed by atoms with E-state index in [0.717, 1.165) is 37.0 Å². The van der Waals surface area contributed by atoms with Crippen molar-refractivity contribution in [2.24, 2.45) is 0 Å². The first-order valence-corrected chi connectivity index (χ1v) is 7.15. The van der Waals surface area contributed by atoms with Crippen molar-refractivity contribution in [1.82, 2.24) is 14.5 Å². The topological polar surface area (TPSA) is 64.2 Å². The Morgan fingerprint density at radius 2 is 1.90 bits per heavy atom. The van der Waals surface area contributed by atoms with Gasteiger partial charge in [0.15, 0.2) is 0 Å². The summed E-state index contributed by atoms with van der Waals surface area (Å²) in [5.41, 5.74) is 7.67. The molecule has 1 amide bonds. The summed E-state index contributed by atoms with van der Waals surface area (Å²) in [4.78, 5) is 18.6. The SMILES string of the molecule is CCCN(CCC)C(=O)Cn1c(N)nc2ccccc21. The van der Waals surface area contributed by atoms with Crippen LogP contribution in [0, 0.1) is 0 Å². The minimum absolute atomic E-state index is 0.101. The average molecular weight is 274 g/mol. The maximum absolute atomic E-state index is 12.4. The summed E-state index contributed by atoms with van der Waals surface area (Å²) in [6, 6.07) is 7.69. The number of fused-ring (bicyclic) bond motifs is 1. The third-order valence-electron chi connectivity index (χ3n) is 3.32. The first-order chi connectivity index (χ1) is 9.67. The summed E-state index contributed by atoms with van der Waals surface area (Å²) in [5, 5.41) is 0. The van der Waals surface area contributed by atoms with E-state index in [4.69, 9.17) is 5.73 Å². The van der Waals surface area contributed by atoms with E-state index in [1.54, 1.807) is 4.57 Å². The van der Waals surface area contributed by atoms with Gasteiger partial charge in [0.05, 0.1) is 11.0 Å². The fourth-order valence-corrected chi connectivity index (χ4v) is 2.40. The first kappa shape index (κ1) is 14.4. The van der Waals surface area contributed by atoms with E-state index in [-0.39, 0.29) is 12.5 Å². The molecule has 0 radical (unpaired) electrons. The molecule has 0 fully saturated rings. The lowest BCUT2D eigenvalue weighted by Gasteiger charge is -2.22. The van der Waals surface area contributed by atoms with Crippen molar-refractivity contribution in [3.8, 4) is 0 Å². The van der Waals surface area contributed by atoms with Crippen LogP contribution in [0.25, 0.3) is 11.0 Å². The highest BCUT2D eigenvalue weighted by Crippen LogP contribution is 2.17. The molecule has 108 valence electrons. The molecule has 0 aliphatic carbocycles. The van der Waals surface area contributed by atoms with Crippen LogP contribution in [0.2, 0.25) is 0 Å². The smallest absolute Gasteiger partial charge is 0.242 e. The molecule has 20 heavy (non-hydrogen) atoms. The number of nitrogens with two attached hydrogens (primary N) is 1. The standard InChI is InChI=1S/C15H22N4O/c1-3-9-18(10-4-2)14(20)11-19-13-8-6-5-7-12(13)17-15(19)16/h5-8H,3-4,9-11H2,1-2H3,(H2,16,17). The van der Waals surface area contributed by atoms with Crippen LogP contribution >= 0.6 is 0 Å². The van der Waals surface area contributed by atoms with E-state index in [9.17, 15) is 4.79 Å². The fraction of sp³-hybridized carbons (Fsp3) is 0.467. The molecule has 1 heterocycles. The first-order valence-electron chi connectivity index (χ1n) is 7.15. The summed E-state index contributed by atoms with van der Waals surface area (Å²) in [7, 11) is 0. The molecule has 2 aromatic rings. The molecule has 0 saturated heterocycles. The van der Waals surface area contributed by atoms with E-state index in [0.29, 0.717) is 5.95 Å². The Hall–Kier alpha value is -2.04. The summed E-state index contributed by atoms with van der Waals surface area (Å²) in [6.45, 7) is 6.00. The van der Waals surface area contributed by atoms with Crippen molar-refractivity contribution in [2.45, 2.75) is 33.2 Å². The molecule has 0 aliphatic heterocycles. The van der Waals surface area contributed by atoms with E-state index in [2.05, 4.69) is 18.8 Å². The minimum atomic E-state index is 0.101. The number of nitrogens with zero attached hydrogens (tertiary/aromatic N) is 3. The quantitative estimate of drug-likeness (QED) is 0.878. The van der Waals surface area contributed by atoms with E-state index < -0.39 is 0 Å². The lowest BCUT2D eigenvalue weighted by Crippen LogP contribution is -2.35. The van der Waals surface area contributed by atoms with Gasteiger partial charge in [-0.15, -0.1) is 0 Å². The van der Waals surface area contributed by atoms with Gasteiger partial charge >= 0.3 is 0 Å². The molecule has 2 rings (SSSR count). The van der Waals surface area contributed by atoms with Gasteiger partial charge in [0.25, 0.3) is 0 Å². The van der Waals surface area contributed by atoms with Gasteiger partial charge in [-0.1, -0.05) is 26.0 Å². The highest BCUT2D eigenvalue weighted by Gasteiger charge is 2.16. The number of hydrogen-bond acceptors (Lipinski definition) is 3. The number of amides is 1. The van der Waals surface area contributed by atoms with Gasteiger partial charge in [-0.2, -0.15) is 0 Å². The molecule has 0 bridgehead atoms. The Kier molecular flexibility index (Phi) is 4.61. The predicted octanol–water partition coefficient (Wildman–Crippen LogP) is 2.27. The number of benzene rings is 1. The number of carbonyl (C=O) groups is 1. The van der Waals surface area contributed by atoms with Crippen LogP contribution < -0.4 is 5.73 Å². The summed E-state index contributed by atoms with van der Waals surface area (Å²) >= 11 is 0. The zero-order chi connectivity index (χ0) is 14.5. The molecule has 0 atom stereocenters. The molecule has 0 saturated carbocycles. The van der Waals surface area contributed by atoms with Crippen molar-refractivity contribution >= 4 is 22.9 Å². The molecule has 0 aliphatic rings. The Labute approximate surface area is 119 Å². The van der Waals surface area contributed by atoms with Crippen LogP contribution in [-0.4, -0.2) is 33.4 Å². The third-order valence-corrected chi connectivity index (χ3v) is 3.32. The van der Waals surface area contributed by atoms with Crippen molar-refractivity contribution in [2.75, 3.05) is 18.8 Å². The zero-order valence-corrected chi connectivity index (χ0v) is 12.2. The minimum Gasteiger partial charge on any atom is -0.369 e. The summed E-state index contributed by atoms with van der Waals surface area (Å²) < 4.78 is 1.79. The molecular weight excluding hydrogens is 252 g/mol. The van der Waals surface area contributed by atoms with E-state index in [1.165, 1.54) is 0 Å². The van der Waals surface area contributed by atoms with E-state index in [1.807, 2.05) is 29.2 Å². The molecule has 5 nitrogen and oxygen atoms in total. The molecule has 2 N–H and O–H groups in total. The molecular formula is C15H22N4O. The maximum Gasteiger partial charge on any atom is 0.242 e. The number of aromatic nitrogens is 2. The van der Waals surface area contributed by atoms with Crippen molar-refractivity contribution < 1.29 is 4.79 Å². The zero-order valence-electron chi connectivity index (χ0n) is 12.2. The van der Waals surface area contributed by atoms with Gasteiger partial charge in [-0.3, -0.25) is 4.79 Å². The number of rotatable bonds is 6. The highest BCUT2D eigenvalue weighted by atomic mass is 16.2. The van der Waals surface area contributed by atoms with Crippen LogP contribution in [0.4, 0.5) is 5.95 Å². The molecule has 5 heteroatoms. The lowest BCUT2D eigenvalue weighted by atomic mass is 10.3. The van der Waals surface area contributed by atoms with Gasteiger partial charge in [0.2, 0.25) is 11.9 Å². The summed E-state index contributed by atoms with van der Waals surface area (Å²) in [5.74, 6) is 0.496. The molecule has 1 aromatic heterocycles. The van der Waals surface area contributed by atoms with Crippen LogP contribution in [0.1, 0.15) is 26.7 Å². The normalized spacial score (nSPS) is 10.9. The van der Waals surface area contributed by atoms with Gasteiger partial charge in [0.1, 0.15) is 6.54 Å². The van der Waals surface area contributed by atoms with Crippen molar-refractivity contribution in [3.63, 3.8) is 0 Å². The number of carbonyl (C=O) groups excluding carboxylic acids is 1. The predicted molar refractivity (Wildman–Crippen MR) is 81.3 cm³/mol. The number of hydrogen-bond donors (Lipinski definition) is 1. The largest absolute Gasteiger partial charge is 0.369 e. The lowest BCUT2D eigenvalue weighted by molar-refractivity contribution is -0.131. The Bertz CT molecular complexity index is 585. The van der Waals surface area contributed by atoms with Crippen LogP contribution in [0.3, 0.4) is 0 Å². The van der Waals surface area contributed by atoms with Crippen LogP contribution in [0.15, 0.2) is 24.3 Å². The molecule has 1 aromatic carbocycles. The Morgan fingerprint density at radius 3 is 2.55 bits per heavy atom. The second kappa shape index (κ2) is 6.41. The van der Waals surface area contributed by atoms with Crippen LogP contribution in [-0.2, 0) is 11.3 Å². The third kappa shape index (κ3) is 2.92. The van der Waals surface area contributed by atoms with Crippen molar-refractivity contribution in [1.29, 1.82) is 0 Å². The number of imidazole rings is 1. The number of para-hydroxylation sites is 2. The van der Waals surface area contributed by atoms with Gasteiger partial charge in [0, 0.05) is 13.1 Å². The highest BCUT2D eigenvalue weighted by molar-refractivity contribution is 5.82. The number of nitrogen functional groups attached to an aromatic ring is 1. The Morgan fingerprint density at radius 1 is 1.25 bits per heavy atom. The summed E-state index contributed by atoms with van der Waals surface area (Å²) in [6.07, 6.45) is 1.93. The van der Waals surface area contributed by atoms with Crippen molar-refractivity contribution in [3.05, 3.63) is 24.3 Å². The Balaban J connectivity index is 2.22. The maximum atomic E-state index is 12.4. The fourth-order valence-electron chi connectivity index (χ4n) is 2.40. The van der Waals surface area contributed by atoms with Crippen LogP contribution in [0.5, 0.6) is 0 Å². The average Bonchev–Trinajstić information content (AvgIpc) is 2.75. The van der Waals surface area contributed by atoms with Gasteiger partial charge in [-0.25, -0.2) is 4.98 Å². The van der Waals surface area contributed by atoms with E-state index >= 15 is 0 Å². The molecule has 0 spiro atoms. The van der Waals surface area contributed by atoms with Gasteiger partial charge in [-0.05, 0) is 25.0 Å².